The maximum absolute atomic E-state index is 10.6. The number of benzene rings is 1. The summed E-state index contributed by atoms with van der Waals surface area (Å²) in [6, 6.07) is 5.79. The van der Waals surface area contributed by atoms with Crippen LogP contribution in [0.4, 0.5) is 18.9 Å². The van der Waals surface area contributed by atoms with Gasteiger partial charge in [0.05, 0.1) is 5.52 Å². The van der Waals surface area contributed by atoms with Crippen molar-refractivity contribution in [3.8, 4) is 0 Å². The van der Waals surface area contributed by atoms with Gasteiger partial charge in [0.1, 0.15) is 0 Å². The summed E-state index contributed by atoms with van der Waals surface area (Å²) in [5, 5.41) is 8.86. The zero-order valence-corrected chi connectivity index (χ0v) is 16.8. The number of anilines is 1. The van der Waals surface area contributed by atoms with Crippen molar-refractivity contribution in [3.05, 3.63) is 46.1 Å². The minimum absolute atomic E-state index is 0.490. The number of aliphatic carboxylic acids is 1. The minimum atomic E-state index is -5.08. The second-order valence-corrected chi connectivity index (χ2v) is 8.03. The van der Waals surface area contributed by atoms with Crippen molar-refractivity contribution in [3.63, 3.8) is 0 Å². The van der Waals surface area contributed by atoms with E-state index in [-0.39, 0.29) is 0 Å². The largest absolute Gasteiger partial charge is 0.490 e. The zero-order chi connectivity index (χ0) is 21.3. The monoisotopic (exact) mass is 446 g/mol. The maximum atomic E-state index is 10.6. The van der Waals surface area contributed by atoms with Crippen molar-refractivity contribution in [2.75, 3.05) is 11.6 Å². The van der Waals surface area contributed by atoms with Gasteiger partial charge in [0, 0.05) is 33.2 Å². The van der Waals surface area contributed by atoms with Gasteiger partial charge in [-0.05, 0) is 55.7 Å². The van der Waals surface area contributed by atoms with Crippen molar-refractivity contribution in [2.24, 2.45) is 5.92 Å². The average Bonchev–Trinajstić information content (AvgIpc) is 2.61. The van der Waals surface area contributed by atoms with Crippen molar-refractivity contribution in [1.29, 1.82) is 0 Å². The molecule has 3 N–H and O–H groups in total. The Morgan fingerprint density at radius 2 is 2.00 bits per heavy atom. The van der Waals surface area contributed by atoms with Gasteiger partial charge in [-0.3, -0.25) is 4.98 Å². The predicted molar refractivity (Wildman–Crippen MR) is 107 cm³/mol. The molecule has 2 unspecified atom stereocenters. The lowest BCUT2D eigenvalue weighted by molar-refractivity contribution is -0.192. The van der Waals surface area contributed by atoms with E-state index in [0.717, 1.165) is 41.5 Å². The van der Waals surface area contributed by atoms with Gasteiger partial charge in [-0.2, -0.15) is 13.2 Å². The second-order valence-electron chi connectivity index (χ2n) is 7.22. The summed E-state index contributed by atoms with van der Waals surface area (Å²) in [4.78, 5) is 13.8. The van der Waals surface area contributed by atoms with Crippen LogP contribution in [-0.4, -0.2) is 28.1 Å². The molecular weight excluding hydrogens is 428 g/mol. The lowest BCUT2D eigenvalue weighted by Crippen LogP contribution is -2.24. The number of nitrogens with two attached hydrogens (primary N) is 1. The van der Waals surface area contributed by atoms with Crippen LogP contribution in [-0.2, 0) is 11.2 Å². The quantitative estimate of drug-likeness (QED) is 0.457. The first-order valence-corrected chi connectivity index (χ1v) is 9.94. The average molecular weight is 447 g/mol. The first-order valence-electron chi connectivity index (χ1n) is 9.03. The number of alkyl halides is 4. The summed E-state index contributed by atoms with van der Waals surface area (Å²) in [6.45, 7) is 0. The van der Waals surface area contributed by atoms with Crippen LogP contribution in [0.15, 0.2) is 29.8 Å². The molecule has 2 bridgehead atoms. The van der Waals surface area contributed by atoms with E-state index in [4.69, 9.17) is 43.8 Å². The molecule has 0 saturated carbocycles. The fraction of sp³-hybridized carbons (Fsp3) is 0.400. The molecule has 1 heterocycles. The highest BCUT2D eigenvalue weighted by Gasteiger charge is 2.38. The Morgan fingerprint density at radius 3 is 2.62 bits per heavy atom. The Labute approximate surface area is 175 Å². The lowest BCUT2D eigenvalue weighted by atomic mass is 9.70. The van der Waals surface area contributed by atoms with E-state index in [1.807, 2.05) is 18.2 Å². The third-order valence-corrected chi connectivity index (χ3v) is 5.62. The molecule has 0 amide bonds. The molecule has 4 nitrogen and oxygen atoms in total. The number of carboxylic acid groups (broad SMARTS) is 1. The number of hydrogen-bond acceptors (Lipinski definition) is 3. The van der Waals surface area contributed by atoms with Crippen LogP contribution in [0.5, 0.6) is 0 Å². The number of carboxylic acids is 1. The van der Waals surface area contributed by atoms with Crippen LogP contribution < -0.4 is 5.73 Å². The van der Waals surface area contributed by atoms with Crippen LogP contribution in [0.25, 0.3) is 10.9 Å². The van der Waals surface area contributed by atoms with Gasteiger partial charge in [0.2, 0.25) is 0 Å². The molecule has 0 radical (unpaired) electrons. The number of rotatable bonds is 2. The fourth-order valence-electron chi connectivity index (χ4n) is 4.09. The number of pyridine rings is 1. The van der Waals surface area contributed by atoms with Crippen molar-refractivity contribution in [2.45, 2.75) is 37.8 Å². The van der Waals surface area contributed by atoms with Gasteiger partial charge in [0.25, 0.3) is 0 Å². The summed E-state index contributed by atoms with van der Waals surface area (Å²) in [7, 11) is 0. The molecule has 0 fully saturated rings. The Balaban J connectivity index is 0.000000298. The normalized spacial score (nSPS) is 20.4. The van der Waals surface area contributed by atoms with Gasteiger partial charge >= 0.3 is 12.1 Å². The Morgan fingerprint density at radius 1 is 1.31 bits per heavy atom. The third-order valence-electron chi connectivity index (χ3n) is 5.20. The summed E-state index contributed by atoms with van der Waals surface area (Å²) >= 11 is 12.0. The summed E-state index contributed by atoms with van der Waals surface area (Å²) in [5.41, 5.74) is 12.2. The number of fused-ring (bicyclic) bond motifs is 5. The first kappa shape index (κ1) is 21.7. The van der Waals surface area contributed by atoms with Gasteiger partial charge in [-0.1, -0.05) is 23.3 Å². The molecule has 2 aliphatic carbocycles. The van der Waals surface area contributed by atoms with E-state index < -0.39 is 12.1 Å². The summed E-state index contributed by atoms with van der Waals surface area (Å²) < 4.78 is 31.7. The molecule has 156 valence electrons. The van der Waals surface area contributed by atoms with Crippen LogP contribution in [0.1, 0.15) is 36.4 Å². The number of allylic oxidation sites excluding steroid dienone is 2. The van der Waals surface area contributed by atoms with Crippen molar-refractivity contribution < 1.29 is 23.1 Å². The van der Waals surface area contributed by atoms with E-state index in [1.165, 1.54) is 17.6 Å². The number of carbonyl (C=O) groups is 1. The summed E-state index contributed by atoms with van der Waals surface area (Å²) in [5.74, 6) is -0.993. The molecule has 1 aromatic heterocycles. The number of nitrogens with zero attached hydrogens (tertiary/aromatic N) is 1. The first-order chi connectivity index (χ1) is 13.6. The Hall–Kier alpha value is -1.99. The van der Waals surface area contributed by atoms with Crippen LogP contribution >= 0.6 is 23.2 Å². The second kappa shape index (κ2) is 8.40. The molecular formula is C20H19Cl2F3N2O2. The topological polar surface area (TPSA) is 76.2 Å². The Kier molecular flexibility index (Phi) is 6.29. The number of aromatic nitrogens is 1. The molecule has 4 rings (SSSR count). The van der Waals surface area contributed by atoms with E-state index in [0.29, 0.717) is 22.7 Å². The lowest BCUT2D eigenvalue weighted by Gasteiger charge is -2.36. The van der Waals surface area contributed by atoms with E-state index in [1.54, 1.807) is 0 Å². The predicted octanol–water partition coefficient (Wildman–Crippen LogP) is 5.71. The highest BCUT2D eigenvalue weighted by molar-refractivity contribution is 6.31. The molecule has 1 aromatic carbocycles. The van der Waals surface area contributed by atoms with Crippen molar-refractivity contribution in [1.82, 2.24) is 4.98 Å². The molecule has 9 heteroatoms. The van der Waals surface area contributed by atoms with E-state index >= 15 is 0 Å². The molecule has 0 saturated heterocycles. The van der Waals surface area contributed by atoms with E-state index in [2.05, 4.69) is 6.08 Å². The highest BCUT2D eigenvalue weighted by Crippen LogP contribution is 2.47. The SMILES string of the molecule is Nc1c2c(nc3cc(Cl)ccc13)CC1C=C(CCCl)CC2C1.O=C(O)C(F)(F)F. The summed E-state index contributed by atoms with van der Waals surface area (Å²) in [6.07, 6.45) is 1.55. The van der Waals surface area contributed by atoms with Crippen LogP contribution in [0.3, 0.4) is 0 Å². The molecule has 0 aliphatic heterocycles. The Bertz CT molecular complexity index is 976. The third kappa shape index (κ3) is 4.78. The fourth-order valence-corrected chi connectivity index (χ4v) is 4.50. The van der Waals surface area contributed by atoms with Crippen molar-refractivity contribution >= 4 is 45.8 Å². The number of nitrogen functional groups attached to an aromatic ring is 1. The maximum Gasteiger partial charge on any atom is 0.490 e. The molecule has 2 atom stereocenters. The standard InChI is InChI=1S/C18H18Cl2N2.C2HF3O2/c19-4-3-10-5-11-7-12(6-10)17-16(8-11)22-15-9-13(20)1-2-14(15)18(17)21;3-2(4,5)1(6)7/h1-2,5,9,11-12H,3-4,6-8H2,(H2,21,22);(H,6,7). The highest BCUT2D eigenvalue weighted by atomic mass is 35.5. The van der Waals surface area contributed by atoms with Gasteiger partial charge in [0.15, 0.2) is 0 Å². The van der Waals surface area contributed by atoms with Crippen LogP contribution in [0.2, 0.25) is 5.02 Å². The molecule has 29 heavy (non-hydrogen) atoms. The minimum Gasteiger partial charge on any atom is -0.475 e. The molecule has 2 aromatic rings. The van der Waals surface area contributed by atoms with Crippen LogP contribution in [0, 0.1) is 5.92 Å². The molecule has 2 aliphatic rings. The van der Waals surface area contributed by atoms with Gasteiger partial charge in [-0.25, -0.2) is 4.79 Å². The molecule has 0 spiro atoms. The van der Waals surface area contributed by atoms with E-state index in [9.17, 15) is 13.2 Å². The van der Waals surface area contributed by atoms with Gasteiger partial charge in [-0.15, -0.1) is 11.6 Å². The number of halogens is 5. The zero-order valence-electron chi connectivity index (χ0n) is 15.3. The smallest absolute Gasteiger partial charge is 0.475 e. The van der Waals surface area contributed by atoms with Gasteiger partial charge < -0.3 is 10.8 Å². The number of hydrogen-bond donors (Lipinski definition) is 2.